The third-order valence-corrected chi connectivity index (χ3v) is 2.79. The van der Waals surface area contributed by atoms with Gasteiger partial charge < -0.3 is 10.8 Å². The Morgan fingerprint density at radius 3 is 2.14 bits per heavy atom. The Morgan fingerprint density at radius 1 is 1.00 bits per heavy atom. The van der Waals surface area contributed by atoms with Gasteiger partial charge in [-0.1, -0.05) is 29.8 Å². The Hall–Kier alpha value is -2.34. The number of hydrogen-bond donors (Lipinski definition) is 1. The van der Waals surface area contributed by atoms with Gasteiger partial charge in [-0.2, -0.15) is 13.2 Å². The van der Waals surface area contributed by atoms with E-state index < -0.39 is 17.6 Å². The summed E-state index contributed by atoms with van der Waals surface area (Å²) >= 11 is 0. The van der Waals surface area contributed by atoms with Crippen LogP contribution < -0.4 is 5.32 Å². The molecule has 0 aromatic heterocycles. The first-order chi connectivity index (χ1) is 9.38. The Balaban J connectivity index is 0.00000220. The monoisotopic (exact) mass is 297 g/mol. The molecule has 0 fully saturated rings. The first kappa shape index (κ1) is 16.7. The van der Waals surface area contributed by atoms with Crippen LogP contribution in [0.5, 0.6) is 0 Å². The molecule has 2 rings (SSSR count). The second-order valence-electron chi connectivity index (χ2n) is 4.36. The van der Waals surface area contributed by atoms with Crippen molar-refractivity contribution >= 4 is 11.6 Å². The number of para-hydroxylation sites is 1. The summed E-state index contributed by atoms with van der Waals surface area (Å²) in [6.45, 7) is 1.86. The van der Waals surface area contributed by atoms with Gasteiger partial charge in [-0.15, -0.1) is 0 Å². The normalized spacial score (nSPS) is 10.7. The molecule has 0 bridgehead atoms. The van der Waals surface area contributed by atoms with Crippen LogP contribution in [-0.4, -0.2) is 11.4 Å². The number of carbonyl (C=O) groups excluding carboxylic acids is 1. The topological polar surface area (TPSA) is 60.6 Å². The van der Waals surface area contributed by atoms with Crippen LogP contribution in [0.4, 0.5) is 18.9 Å². The summed E-state index contributed by atoms with van der Waals surface area (Å²) in [6.07, 6.45) is -4.50. The molecule has 1 amide bonds. The van der Waals surface area contributed by atoms with E-state index in [2.05, 4.69) is 5.32 Å². The molecule has 0 aliphatic carbocycles. The number of anilines is 1. The standard InChI is InChI=1S/C15H12F3NO.H2O/c1-10-6-8-11(9-7-10)14(20)19-13-5-3-2-4-12(13)15(16,17)18;/h2-9H,1H3,(H,19,20);1H2. The molecule has 3 nitrogen and oxygen atoms in total. The lowest BCUT2D eigenvalue weighted by molar-refractivity contribution is -0.136. The molecule has 0 spiro atoms. The van der Waals surface area contributed by atoms with Gasteiger partial charge in [-0.25, -0.2) is 0 Å². The number of rotatable bonds is 2. The quantitative estimate of drug-likeness (QED) is 0.906. The fraction of sp³-hybridized carbons (Fsp3) is 0.133. The van der Waals surface area contributed by atoms with Crippen molar-refractivity contribution in [3.05, 3.63) is 65.2 Å². The first-order valence-electron chi connectivity index (χ1n) is 5.92. The maximum Gasteiger partial charge on any atom is 0.418 e. The largest absolute Gasteiger partial charge is 0.418 e. The lowest BCUT2D eigenvalue weighted by atomic mass is 10.1. The van der Waals surface area contributed by atoms with E-state index >= 15 is 0 Å². The third kappa shape index (κ3) is 4.06. The summed E-state index contributed by atoms with van der Waals surface area (Å²) in [5, 5.41) is 2.29. The van der Waals surface area contributed by atoms with Crippen LogP contribution in [0.3, 0.4) is 0 Å². The number of carbonyl (C=O) groups is 1. The van der Waals surface area contributed by atoms with Gasteiger partial charge in [0.25, 0.3) is 5.91 Å². The maximum absolute atomic E-state index is 12.8. The summed E-state index contributed by atoms with van der Waals surface area (Å²) in [5.74, 6) is -0.568. The smallest absolute Gasteiger partial charge is 0.412 e. The molecular weight excluding hydrogens is 283 g/mol. The minimum absolute atomic E-state index is 0. The van der Waals surface area contributed by atoms with Crippen molar-refractivity contribution in [2.75, 3.05) is 5.32 Å². The second-order valence-corrected chi connectivity index (χ2v) is 4.36. The Morgan fingerprint density at radius 2 is 1.57 bits per heavy atom. The maximum atomic E-state index is 12.8. The molecule has 0 aliphatic rings. The second kappa shape index (κ2) is 6.41. The van der Waals surface area contributed by atoms with E-state index in [-0.39, 0.29) is 11.2 Å². The zero-order valence-electron chi connectivity index (χ0n) is 11.2. The number of aryl methyl sites for hydroxylation is 1. The summed E-state index contributed by atoms with van der Waals surface area (Å²) in [7, 11) is 0. The van der Waals surface area contributed by atoms with Gasteiger partial charge in [0.05, 0.1) is 11.3 Å². The van der Waals surface area contributed by atoms with Crippen LogP contribution in [0.1, 0.15) is 21.5 Å². The zero-order chi connectivity index (χ0) is 14.8. The summed E-state index contributed by atoms with van der Waals surface area (Å²) < 4.78 is 38.4. The van der Waals surface area contributed by atoms with Gasteiger partial charge in [0.2, 0.25) is 0 Å². The van der Waals surface area contributed by atoms with Gasteiger partial charge in [0.15, 0.2) is 0 Å². The molecule has 2 aromatic carbocycles. The van der Waals surface area contributed by atoms with E-state index in [4.69, 9.17) is 0 Å². The molecule has 21 heavy (non-hydrogen) atoms. The highest BCUT2D eigenvalue weighted by Crippen LogP contribution is 2.34. The Bertz CT molecular complexity index is 622. The minimum atomic E-state index is -4.50. The van der Waals surface area contributed by atoms with Gasteiger partial charge >= 0.3 is 6.18 Å². The van der Waals surface area contributed by atoms with Gasteiger partial charge in [0, 0.05) is 5.56 Å². The van der Waals surface area contributed by atoms with Gasteiger partial charge in [0.1, 0.15) is 0 Å². The van der Waals surface area contributed by atoms with Crippen molar-refractivity contribution in [1.82, 2.24) is 0 Å². The molecule has 0 radical (unpaired) electrons. The summed E-state index contributed by atoms with van der Waals surface area (Å²) in [6, 6.07) is 11.5. The molecule has 0 aliphatic heterocycles. The molecule has 0 heterocycles. The highest BCUT2D eigenvalue weighted by molar-refractivity contribution is 6.04. The molecule has 112 valence electrons. The van der Waals surface area contributed by atoms with E-state index in [9.17, 15) is 18.0 Å². The van der Waals surface area contributed by atoms with Gasteiger partial charge in [-0.3, -0.25) is 4.79 Å². The number of amides is 1. The van der Waals surface area contributed by atoms with Crippen LogP contribution in [0.15, 0.2) is 48.5 Å². The SMILES string of the molecule is Cc1ccc(C(=O)Nc2ccccc2C(F)(F)F)cc1.O. The van der Waals surface area contributed by atoms with E-state index in [0.29, 0.717) is 5.56 Å². The highest BCUT2D eigenvalue weighted by atomic mass is 19.4. The fourth-order valence-corrected chi connectivity index (χ4v) is 1.74. The molecule has 0 atom stereocenters. The average Bonchev–Trinajstić information content (AvgIpc) is 2.38. The zero-order valence-corrected chi connectivity index (χ0v) is 11.2. The Labute approximate surface area is 119 Å². The molecule has 0 saturated carbocycles. The molecule has 0 unspecified atom stereocenters. The van der Waals surface area contributed by atoms with Crippen molar-refractivity contribution in [1.29, 1.82) is 0 Å². The number of halogens is 3. The molecule has 6 heteroatoms. The summed E-state index contributed by atoms with van der Waals surface area (Å²) in [4.78, 5) is 11.9. The van der Waals surface area contributed by atoms with Crippen LogP contribution in [0.25, 0.3) is 0 Å². The van der Waals surface area contributed by atoms with Crippen molar-refractivity contribution < 1.29 is 23.4 Å². The number of nitrogens with one attached hydrogen (secondary N) is 1. The predicted molar refractivity (Wildman–Crippen MR) is 74.2 cm³/mol. The van der Waals surface area contributed by atoms with E-state index in [1.165, 1.54) is 18.2 Å². The van der Waals surface area contributed by atoms with Crippen LogP contribution in [-0.2, 0) is 6.18 Å². The molecule has 2 aromatic rings. The molecular formula is C15H14F3NO2. The minimum Gasteiger partial charge on any atom is -0.412 e. The summed E-state index contributed by atoms with van der Waals surface area (Å²) in [5.41, 5.74) is 0.177. The first-order valence-corrected chi connectivity index (χ1v) is 5.92. The fourth-order valence-electron chi connectivity index (χ4n) is 1.74. The van der Waals surface area contributed by atoms with Crippen molar-refractivity contribution in [3.8, 4) is 0 Å². The highest BCUT2D eigenvalue weighted by Gasteiger charge is 2.33. The van der Waals surface area contributed by atoms with Crippen LogP contribution in [0.2, 0.25) is 0 Å². The van der Waals surface area contributed by atoms with E-state index in [1.54, 1.807) is 24.3 Å². The Kier molecular flexibility index (Phi) is 5.10. The van der Waals surface area contributed by atoms with Crippen LogP contribution >= 0.6 is 0 Å². The third-order valence-electron chi connectivity index (χ3n) is 2.79. The number of alkyl halides is 3. The lowest BCUT2D eigenvalue weighted by Gasteiger charge is -2.13. The molecule has 3 N–H and O–H groups in total. The van der Waals surface area contributed by atoms with E-state index in [1.807, 2.05) is 6.92 Å². The average molecular weight is 297 g/mol. The van der Waals surface area contributed by atoms with Crippen molar-refractivity contribution in [3.63, 3.8) is 0 Å². The number of benzene rings is 2. The van der Waals surface area contributed by atoms with Crippen molar-refractivity contribution in [2.45, 2.75) is 13.1 Å². The van der Waals surface area contributed by atoms with E-state index in [0.717, 1.165) is 11.6 Å². The number of hydrogen-bond acceptors (Lipinski definition) is 1. The van der Waals surface area contributed by atoms with Crippen LogP contribution in [0, 0.1) is 6.92 Å². The molecule has 0 saturated heterocycles. The van der Waals surface area contributed by atoms with Crippen molar-refractivity contribution in [2.24, 2.45) is 0 Å². The van der Waals surface area contributed by atoms with Gasteiger partial charge in [-0.05, 0) is 31.2 Å². The predicted octanol–water partition coefficient (Wildman–Crippen LogP) is 3.44. The lowest BCUT2D eigenvalue weighted by Crippen LogP contribution is -2.16.